The van der Waals surface area contributed by atoms with E-state index in [0.717, 1.165) is 22.3 Å². The number of aryl methyl sites for hydroxylation is 1. The van der Waals surface area contributed by atoms with Gasteiger partial charge in [0.1, 0.15) is 11.5 Å². The summed E-state index contributed by atoms with van der Waals surface area (Å²) in [5.41, 5.74) is 4.73. The summed E-state index contributed by atoms with van der Waals surface area (Å²) >= 11 is 0. The summed E-state index contributed by atoms with van der Waals surface area (Å²) in [5, 5.41) is 11.8. The molecule has 3 aromatic rings. The molecule has 1 atom stereocenters. The zero-order valence-corrected chi connectivity index (χ0v) is 25.1. The Morgan fingerprint density at radius 1 is 0.825 bits per heavy atom. The summed E-state index contributed by atoms with van der Waals surface area (Å²) in [7, 11) is 0. The first-order chi connectivity index (χ1) is 18.6. The molecule has 40 heavy (non-hydrogen) atoms. The molecule has 5 heteroatoms. The van der Waals surface area contributed by atoms with Gasteiger partial charge in [0, 0.05) is 11.3 Å². The van der Waals surface area contributed by atoms with Gasteiger partial charge in [0.05, 0.1) is 17.7 Å². The summed E-state index contributed by atoms with van der Waals surface area (Å²) in [6.45, 7) is 18.5. The van der Waals surface area contributed by atoms with Crippen LogP contribution in [-0.2, 0) is 20.4 Å². The van der Waals surface area contributed by atoms with E-state index in [4.69, 9.17) is 4.74 Å². The second kappa shape index (κ2) is 10.6. The van der Waals surface area contributed by atoms with Crippen LogP contribution in [0.25, 0.3) is 5.76 Å². The van der Waals surface area contributed by atoms with Gasteiger partial charge in [-0.3, -0.25) is 14.5 Å². The number of rotatable bonds is 5. The van der Waals surface area contributed by atoms with Crippen molar-refractivity contribution in [2.75, 3.05) is 4.90 Å². The average Bonchev–Trinajstić information content (AvgIpc) is 3.13. The van der Waals surface area contributed by atoms with Crippen molar-refractivity contribution in [2.24, 2.45) is 0 Å². The van der Waals surface area contributed by atoms with Crippen LogP contribution in [-0.4, -0.2) is 22.9 Å². The molecule has 210 valence electrons. The van der Waals surface area contributed by atoms with Gasteiger partial charge in [0.15, 0.2) is 0 Å². The van der Waals surface area contributed by atoms with E-state index in [2.05, 4.69) is 41.5 Å². The number of hydrogen-bond acceptors (Lipinski definition) is 4. The van der Waals surface area contributed by atoms with E-state index in [1.165, 1.54) is 4.90 Å². The number of anilines is 1. The number of ether oxygens (including phenoxy) is 1. The van der Waals surface area contributed by atoms with Crippen LogP contribution in [0.3, 0.4) is 0 Å². The zero-order valence-electron chi connectivity index (χ0n) is 25.1. The van der Waals surface area contributed by atoms with Crippen LogP contribution in [0.5, 0.6) is 5.75 Å². The Balaban J connectivity index is 1.93. The lowest BCUT2D eigenvalue weighted by molar-refractivity contribution is -0.132. The standard InChI is InChI=1S/C35H41NO4/c1-21(2)40-27-18-16-26(17-19-27)36-30(23-11-14-24(15-12-23)34(4,5)6)29(32(38)33(36)39)31(37)28-20-25(35(7,8)9)13-10-22(28)3/h10-21,30,37H,1-9H3/b31-29+. The normalized spacial score (nSPS) is 17.6. The summed E-state index contributed by atoms with van der Waals surface area (Å²) in [6.07, 6.45) is 0.00788. The lowest BCUT2D eigenvalue weighted by Crippen LogP contribution is -2.29. The predicted molar refractivity (Wildman–Crippen MR) is 162 cm³/mol. The number of aliphatic hydroxyl groups excluding tert-OH is 1. The number of hydrogen-bond donors (Lipinski definition) is 1. The third-order valence-electron chi connectivity index (χ3n) is 7.38. The second-order valence-electron chi connectivity index (χ2n) is 13.0. The van der Waals surface area contributed by atoms with Crippen molar-refractivity contribution < 1.29 is 19.4 Å². The van der Waals surface area contributed by atoms with E-state index < -0.39 is 17.7 Å². The van der Waals surface area contributed by atoms with E-state index >= 15 is 0 Å². The molecule has 1 aliphatic heterocycles. The fourth-order valence-corrected chi connectivity index (χ4v) is 5.03. The highest BCUT2D eigenvalue weighted by atomic mass is 16.5. The average molecular weight is 540 g/mol. The Morgan fingerprint density at radius 2 is 1.38 bits per heavy atom. The van der Waals surface area contributed by atoms with Crippen LogP contribution in [0.15, 0.2) is 72.3 Å². The Kier molecular flexibility index (Phi) is 7.72. The first-order valence-corrected chi connectivity index (χ1v) is 13.9. The maximum absolute atomic E-state index is 13.7. The van der Waals surface area contributed by atoms with Gasteiger partial charge >= 0.3 is 0 Å². The van der Waals surface area contributed by atoms with Gasteiger partial charge in [0.2, 0.25) is 0 Å². The van der Waals surface area contributed by atoms with Gasteiger partial charge in [-0.1, -0.05) is 77.9 Å². The summed E-state index contributed by atoms with van der Waals surface area (Å²) in [5.74, 6) is -0.857. The Bertz CT molecular complexity index is 1450. The molecule has 1 fully saturated rings. The van der Waals surface area contributed by atoms with Crippen molar-refractivity contribution in [3.05, 3.63) is 100 Å². The summed E-state index contributed by atoms with van der Waals surface area (Å²) < 4.78 is 5.79. The largest absolute Gasteiger partial charge is 0.507 e. The minimum absolute atomic E-state index is 0.00788. The molecule has 0 spiro atoms. The molecule has 1 amide bonds. The number of carbonyl (C=O) groups excluding carboxylic acids is 2. The molecule has 0 aromatic heterocycles. The van der Waals surface area contributed by atoms with Crippen LogP contribution in [0.4, 0.5) is 5.69 Å². The Labute approximate surface area is 238 Å². The van der Waals surface area contributed by atoms with Gasteiger partial charge in [-0.2, -0.15) is 0 Å². The first kappa shape index (κ1) is 29.1. The quantitative estimate of drug-likeness (QED) is 0.203. The highest BCUT2D eigenvalue weighted by Crippen LogP contribution is 2.43. The maximum Gasteiger partial charge on any atom is 0.300 e. The SMILES string of the molecule is Cc1ccc(C(C)(C)C)cc1/C(O)=C1\C(=O)C(=O)N(c2ccc(OC(C)C)cc2)C1c1ccc(C(C)(C)C)cc1. The molecule has 1 aliphatic rings. The van der Waals surface area contributed by atoms with Crippen LogP contribution in [0.1, 0.15) is 89.2 Å². The molecular weight excluding hydrogens is 498 g/mol. The minimum Gasteiger partial charge on any atom is -0.507 e. The van der Waals surface area contributed by atoms with Gasteiger partial charge in [-0.05, 0) is 84.2 Å². The van der Waals surface area contributed by atoms with Crippen molar-refractivity contribution in [3.63, 3.8) is 0 Å². The van der Waals surface area contributed by atoms with Gasteiger partial charge < -0.3 is 9.84 Å². The zero-order chi connectivity index (χ0) is 29.6. The highest BCUT2D eigenvalue weighted by molar-refractivity contribution is 6.51. The first-order valence-electron chi connectivity index (χ1n) is 13.9. The van der Waals surface area contributed by atoms with Crippen LogP contribution in [0.2, 0.25) is 0 Å². The molecule has 0 radical (unpaired) electrons. The summed E-state index contributed by atoms with van der Waals surface area (Å²) in [4.78, 5) is 28.8. The molecule has 1 saturated heterocycles. The number of ketones is 1. The second-order valence-corrected chi connectivity index (χ2v) is 13.0. The lowest BCUT2D eigenvalue weighted by Gasteiger charge is -2.27. The third-order valence-corrected chi connectivity index (χ3v) is 7.38. The van der Waals surface area contributed by atoms with Gasteiger partial charge in [-0.15, -0.1) is 0 Å². The smallest absolute Gasteiger partial charge is 0.300 e. The molecule has 0 aliphatic carbocycles. The minimum atomic E-state index is -0.788. The number of amides is 1. The fourth-order valence-electron chi connectivity index (χ4n) is 5.03. The molecule has 1 N–H and O–H groups in total. The van der Waals surface area contributed by atoms with E-state index in [9.17, 15) is 14.7 Å². The van der Waals surface area contributed by atoms with E-state index in [1.807, 2.05) is 63.2 Å². The molecular formula is C35H41NO4. The molecule has 5 nitrogen and oxygen atoms in total. The van der Waals surface area contributed by atoms with E-state index in [-0.39, 0.29) is 28.3 Å². The van der Waals surface area contributed by atoms with Crippen molar-refractivity contribution in [1.82, 2.24) is 0 Å². The van der Waals surface area contributed by atoms with E-state index in [1.54, 1.807) is 24.3 Å². The molecule has 3 aromatic carbocycles. The number of nitrogens with zero attached hydrogens (tertiary/aromatic N) is 1. The molecule has 1 unspecified atom stereocenters. The van der Waals surface area contributed by atoms with Crippen LogP contribution >= 0.6 is 0 Å². The highest BCUT2D eigenvalue weighted by Gasteiger charge is 2.47. The Hall–Kier alpha value is -3.86. The van der Waals surface area contributed by atoms with Crippen molar-refractivity contribution in [2.45, 2.75) is 85.3 Å². The van der Waals surface area contributed by atoms with Gasteiger partial charge in [0.25, 0.3) is 11.7 Å². The number of carbonyl (C=O) groups is 2. The fraction of sp³-hybridized carbons (Fsp3) is 0.371. The van der Waals surface area contributed by atoms with Crippen LogP contribution < -0.4 is 9.64 Å². The van der Waals surface area contributed by atoms with Crippen molar-refractivity contribution in [1.29, 1.82) is 0 Å². The molecule has 4 rings (SSSR count). The lowest BCUT2D eigenvalue weighted by atomic mass is 9.84. The number of benzene rings is 3. The predicted octanol–water partition coefficient (Wildman–Crippen LogP) is 8.00. The monoisotopic (exact) mass is 539 g/mol. The molecule has 0 bridgehead atoms. The summed E-state index contributed by atoms with van der Waals surface area (Å²) in [6, 6.07) is 20.2. The maximum atomic E-state index is 13.7. The Morgan fingerprint density at radius 3 is 1.90 bits per heavy atom. The number of Topliss-reactive ketones (excluding diaryl/α,β-unsaturated/α-hetero) is 1. The topological polar surface area (TPSA) is 66.8 Å². The molecule has 1 heterocycles. The number of aliphatic hydroxyl groups is 1. The van der Waals surface area contributed by atoms with Gasteiger partial charge in [-0.25, -0.2) is 0 Å². The van der Waals surface area contributed by atoms with Crippen molar-refractivity contribution in [3.8, 4) is 5.75 Å². The van der Waals surface area contributed by atoms with Crippen LogP contribution in [0, 0.1) is 6.92 Å². The third kappa shape index (κ3) is 5.70. The van der Waals surface area contributed by atoms with E-state index in [0.29, 0.717) is 17.0 Å². The van der Waals surface area contributed by atoms with Crippen molar-refractivity contribution >= 4 is 23.1 Å². The molecule has 0 saturated carbocycles.